The van der Waals surface area contributed by atoms with Crippen molar-refractivity contribution >= 4 is 27.3 Å². The van der Waals surface area contributed by atoms with Crippen molar-refractivity contribution in [1.82, 2.24) is 0 Å². The lowest BCUT2D eigenvalue weighted by atomic mass is 10.1. The lowest BCUT2D eigenvalue weighted by molar-refractivity contribution is -0.117. The van der Waals surface area contributed by atoms with Crippen molar-refractivity contribution in [3.05, 3.63) is 53.6 Å². The van der Waals surface area contributed by atoms with Gasteiger partial charge in [0, 0.05) is 0 Å². The molecule has 0 aliphatic heterocycles. The van der Waals surface area contributed by atoms with Crippen LogP contribution in [0.5, 0.6) is 5.75 Å². The molecule has 2 aromatic rings. The number of para-hydroxylation sites is 2. The number of sulfonamides is 1. The van der Waals surface area contributed by atoms with Crippen LogP contribution in [0.25, 0.3) is 0 Å². The van der Waals surface area contributed by atoms with Crippen molar-refractivity contribution in [3.8, 4) is 5.75 Å². The zero-order valence-electron chi connectivity index (χ0n) is 17.0. The Morgan fingerprint density at radius 2 is 1.71 bits per heavy atom. The molecule has 152 valence electrons. The largest absolute Gasteiger partial charge is 0.492 e. The number of anilines is 2. The summed E-state index contributed by atoms with van der Waals surface area (Å²) in [6.07, 6.45) is 1.44. The SMILES string of the molecule is CCOc1ccccc1NC(=O)[C@H](CC)N(c1cc(C)cc(C)c1)S(C)(=O)=O. The van der Waals surface area contributed by atoms with E-state index in [2.05, 4.69) is 5.32 Å². The van der Waals surface area contributed by atoms with E-state index in [0.29, 0.717) is 30.2 Å². The van der Waals surface area contributed by atoms with E-state index in [-0.39, 0.29) is 0 Å². The number of amides is 1. The van der Waals surface area contributed by atoms with Crippen LogP contribution >= 0.6 is 0 Å². The van der Waals surface area contributed by atoms with Crippen LogP contribution in [0.4, 0.5) is 11.4 Å². The van der Waals surface area contributed by atoms with E-state index in [1.807, 2.05) is 32.9 Å². The number of aryl methyl sites for hydroxylation is 2. The van der Waals surface area contributed by atoms with Gasteiger partial charge in [0.1, 0.15) is 11.8 Å². The standard InChI is InChI=1S/C21H28N2O4S/c1-6-19(21(24)22-18-10-8-9-11-20(18)27-7-2)23(28(5,25)26)17-13-15(3)12-16(4)14-17/h8-14,19H,6-7H2,1-5H3,(H,22,24)/t19-/m0/s1. The van der Waals surface area contributed by atoms with Gasteiger partial charge in [-0.25, -0.2) is 8.42 Å². The van der Waals surface area contributed by atoms with E-state index in [0.717, 1.165) is 17.4 Å². The number of hydrogen-bond donors (Lipinski definition) is 1. The average Bonchev–Trinajstić information content (AvgIpc) is 2.59. The summed E-state index contributed by atoms with van der Waals surface area (Å²) in [4.78, 5) is 13.1. The fraction of sp³-hybridized carbons (Fsp3) is 0.381. The van der Waals surface area contributed by atoms with E-state index < -0.39 is 22.0 Å². The molecule has 0 unspecified atom stereocenters. The maximum absolute atomic E-state index is 13.1. The molecule has 1 N–H and O–H groups in total. The zero-order chi connectivity index (χ0) is 20.9. The molecule has 1 amide bonds. The Kier molecular flexibility index (Phi) is 7.07. The molecule has 0 saturated heterocycles. The molecule has 2 aromatic carbocycles. The summed E-state index contributed by atoms with van der Waals surface area (Å²) in [6, 6.07) is 11.7. The number of nitrogens with one attached hydrogen (secondary N) is 1. The molecular weight excluding hydrogens is 376 g/mol. The fourth-order valence-electron chi connectivity index (χ4n) is 3.21. The zero-order valence-corrected chi connectivity index (χ0v) is 17.8. The summed E-state index contributed by atoms with van der Waals surface area (Å²) < 4.78 is 32.0. The molecule has 7 heteroatoms. The van der Waals surface area contributed by atoms with Crippen molar-refractivity contribution in [1.29, 1.82) is 0 Å². The minimum Gasteiger partial charge on any atom is -0.492 e. The third-order valence-electron chi connectivity index (χ3n) is 4.24. The molecule has 6 nitrogen and oxygen atoms in total. The Balaban J connectivity index is 2.43. The number of carbonyl (C=O) groups excluding carboxylic acids is 1. The van der Waals surface area contributed by atoms with Crippen LogP contribution in [0.1, 0.15) is 31.4 Å². The molecule has 0 bridgehead atoms. The summed E-state index contributed by atoms with van der Waals surface area (Å²) in [5.74, 6) is 0.143. The van der Waals surface area contributed by atoms with Crippen LogP contribution in [0.2, 0.25) is 0 Å². The normalized spacial score (nSPS) is 12.3. The predicted molar refractivity (Wildman–Crippen MR) is 114 cm³/mol. The number of benzene rings is 2. The highest BCUT2D eigenvalue weighted by Gasteiger charge is 2.32. The molecule has 0 aliphatic rings. The number of carbonyl (C=O) groups is 1. The Bertz CT molecular complexity index is 921. The first-order valence-electron chi connectivity index (χ1n) is 9.27. The van der Waals surface area contributed by atoms with E-state index >= 15 is 0 Å². The Morgan fingerprint density at radius 3 is 2.25 bits per heavy atom. The third-order valence-corrected chi connectivity index (χ3v) is 5.42. The second-order valence-electron chi connectivity index (χ2n) is 6.75. The van der Waals surface area contributed by atoms with Gasteiger partial charge in [-0.3, -0.25) is 9.10 Å². The van der Waals surface area contributed by atoms with Gasteiger partial charge in [-0.15, -0.1) is 0 Å². The smallest absolute Gasteiger partial charge is 0.248 e. The first-order chi connectivity index (χ1) is 13.2. The van der Waals surface area contributed by atoms with Gasteiger partial charge in [0.25, 0.3) is 0 Å². The Morgan fingerprint density at radius 1 is 1.11 bits per heavy atom. The number of ether oxygens (including phenoxy) is 1. The molecule has 0 heterocycles. The van der Waals surface area contributed by atoms with Gasteiger partial charge in [0.2, 0.25) is 15.9 Å². The summed E-state index contributed by atoms with van der Waals surface area (Å²) in [5.41, 5.74) is 2.86. The van der Waals surface area contributed by atoms with E-state index in [4.69, 9.17) is 4.74 Å². The number of hydrogen-bond acceptors (Lipinski definition) is 4. The van der Waals surface area contributed by atoms with Crippen molar-refractivity contribution in [3.63, 3.8) is 0 Å². The maximum Gasteiger partial charge on any atom is 0.248 e. The van der Waals surface area contributed by atoms with Crippen molar-refractivity contribution in [2.24, 2.45) is 0 Å². The average molecular weight is 405 g/mol. The number of nitrogens with zero attached hydrogens (tertiary/aromatic N) is 1. The monoisotopic (exact) mass is 404 g/mol. The summed E-state index contributed by atoms with van der Waals surface area (Å²) >= 11 is 0. The van der Waals surface area contributed by atoms with Gasteiger partial charge in [-0.05, 0) is 62.6 Å². The van der Waals surface area contributed by atoms with Gasteiger partial charge >= 0.3 is 0 Å². The lowest BCUT2D eigenvalue weighted by Gasteiger charge is -2.30. The molecule has 28 heavy (non-hydrogen) atoms. The minimum atomic E-state index is -3.68. The van der Waals surface area contributed by atoms with E-state index in [1.165, 1.54) is 4.31 Å². The fourth-order valence-corrected chi connectivity index (χ4v) is 4.40. The molecule has 0 saturated carbocycles. The lowest BCUT2D eigenvalue weighted by Crippen LogP contribution is -2.47. The van der Waals surface area contributed by atoms with E-state index in [9.17, 15) is 13.2 Å². The van der Waals surface area contributed by atoms with Gasteiger partial charge < -0.3 is 10.1 Å². The minimum absolute atomic E-state index is 0.322. The van der Waals surface area contributed by atoms with Crippen LogP contribution in [0.3, 0.4) is 0 Å². The highest BCUT2D eigenvalue weighted by Crippen LogP contribution is 2.28. The summed E-state index contributed by atoms with van der Waals surface area (Å²) in [7, 11) is -3.68. The summed E-state index contributed by atoms with van der Waals surface area (Å²) in [6.45, 7) is 7.91. The van der Waals surface area contributed by atoms with Crippen LogP contribution in [-0.2, 0) is 14.8 Å². The highest BCUT2D eigenvalue weighted by atomic mass is 32.2. The van der Waals surface area contributed by atoms with Crippen LogP contribution in [-0.4, -0.2) is 33.2 Å². The quantitative estimate of drug-likeness (QED) is 0.724. The van der Waals surface area contributed by atoms with Crippen LogP contribution < -0.4 is 14.4 Å². The second kappa shape index (κ2) is 9.10. The molecule has 2 rings (SSSR count). The molecule has 0 fully saturated rings. The Labute approximate surface area is 167 Å². The van der Waals surface area contributed by atoms with E-state index in [1.54, 1.807) is 37.3 Å². The third kappa shape index (κ3) is 5.25. The van der Waals surface area contributed by atoms with Crippen molar-refractivity contribution < 1.29 is 17.9 Å². The molecule has 0 radical (unpaired) electrons. The van der Waals surface area contributed by atoms with Crippen LogP contribution in [0.15, 0.2) is 42.5 Å². The first-order valence-corrected chi connectivity index (χ1v) is 11.1. The van der Waals surface area contributed by atoms with Crippen molar-refractivity contribution in [2.45, 2.75) is 40.2 Å². The topological polar surface area (TPSA) is 75.7 Å². The van der Waals surface area contributed by atoms with Crippen molar-refractivity contribution in [2.75, 3.05) is 22.5 Å². The van der Waals surface area contributed by atoms with Crippen LogP contribution in [0, 0.1) is 13.8 Å². The molecule has 1 atom stereocenters. The molecule has 0 aliphatic carbocycles. The van der Waals surface area contributed by atoms with Gasteiger partial charge in [0.15, 0.2) is 0 Å². The second-order valence-corrected chi connectivity index (χ2v) is 8.61. The van der Waals surface area contributed by atoms with Gasteiger partial charge in [-0.1, -0.05) is 25.1 Å². The first kappa shape index (κ1) is 21.8. The van der Waals surface area contributed by atoms with Gasteiger partial charge in [0.05, 0.1) is 24.2 Å². The highest BCUT2D eigenvalue weighted by molar-refractivity contribution is 7.92. The molecule has 0 spiro atoms. The number of rotatable bonds is 8. The molecular formula is C21H28N2O4S. The molecule has 0 aromatic heterocycles. The Hall–Kier alpha value is -2.54. The maximum atomic E-state index is 13.1. The summed E-state index contributed by atoms with van der Waals surface area (Å²) in [5, 5.41) is 2.83. The predicted octanol–water partition coefficient (Wildman–Crippen LogP) is 3.89. The van der Waals surface area contributed by atoms with Gasteiger partial charge in [-0.2, -0.15) is 0 Å².